The molecule has 8 heteroatoms. The monoisotopic (exact) mass is 485 g/mol. The molecule has 0 unspecified atom stereocenters. The molecule has 36 heavy (non-hydrogen) atoms. The number of hydrogen-bond acceptors (Lipinski definition) is 5. The minimum absolute atomic E-state index is 0.0678. The summed E-state index contributed by atoms with van der Waals surface area (Å²) in [4.78, 5) is 29.4. The second-order valence-corrected chi connectivity index (χ2v) is 8.83. The van der Waals surface area contributed by atoms with Crippen LogP contribution in [-0.2, 0) is 20.9 Å². The van der Waals surface area contributed by atoms with Crippen LogP contribution in [0.25, 0.3) is 11.0 Å². The zero-order valence-corrected chi connectivity index (χ0v) is 21.1. The fourth-order valence-corrected chi connectivity index (χ4v) is 4.30. The molecule has 8 nitrogen and oxygen atoms in total. The highest BCUT2D eigenvalue weighted by Gasteiger charge is 2.34. The lowest BCUT2D eigenvalue weighted by Crippen LogP contribution is -2.46. The Morgan fingerprint density at radius 1 is 1.00 bits per heavy atom. The summed E-state index contributed by atoms with van der Waals surface area (Å²) in [6.45, 7) is 6.49. The van der Waals surface area contributed by atoms with Crippen LogP contribution in [0.15, 0.2) is 66.7 Å². The molecule has 0 fully saturated rings. The molecule has 0 aliphatic heterocycles. The smallest absolute Gasteiger partial charge is 0.249 e. The normalized spacial score (nSPS) is 11.9. The van der Waals surface area contributed by atoms with Gasteiger partial charge in [0.1, 0.15) is 18.1 Å². The van der Waals surface area contributed by atoms with Crippen LogP contribution in [-0.4, -0.2) is 47.1 Å². The Balaban J connectivity index is 1.83. The minimum Gasteiger partial charge on any atom is -0.383 e. The number of nitrogens with one attached hydrogen (secondary N) is 1. The number of aromatic nitrogens is 3. The van der Waals surface area contributed by atoms with Gasteiger partial charge in [0, 0.05) is 19.3 Å². The summed E-state index contributed by atoms with van der Waals surface area (Å²) in [5, 5.41) is 11.3. The van der Waals surface area contributed by atoms with E-state index in [-0.39, 0.29) is 18.4 Å². The van der Waals surface area contributed by atoms with Crippen molar-refractivity contribution in [3.05, 3.63) is 89.0 Å². The van der Waals surface area contributed by atoms with Crippen LogP contribution in [0.4, 0.5) is 5.69 Å². The Morgan fingerprint density at radius 3 is 2.53 bits per heavy atom. The van der Waals surface area contributed by atoms with Crippen molar-refractivity contribution in [1.82, 2.24) is 20.3 Å². The molecule has 2 amide bonds. The lowest BCUT2D eigenvalue weighted by atomic mass is 9.97. The fourth-order valence-electron chi connectivity index (χ4n) is 4.30. The third kappa shape index (κ3) is 5.28. The molecule has 4 rings (SSSR count). The Bertz CT molecular complexity index is 1380. The lowest BCUT2D eigenvalue weighted by molar-refractivity contribution is -0.127. The van der Waals surface area contributed by atoms with E-state index in [9.17, 15) is 9.59 Å². The van der Waals surface area contributed by atoms with Gasteiger partial charge < -0.3 is 10.1 Å². The van der Waals surface area contributed by atoms with E-state index < -0.39 is 6.04 Å². The maximum atomic E-state index is 14.1. The maximum Gasteiger partial charge on any atom is 0.249 e. The number of rotatable bonds is 9. The summed E-state index contributed by atoms with van der Waals surface area (Å²) in [5.74, 6) is -0.548. The third-order valence-corrected chi connectivity index (χ3v) is 6.19. The summed E-state index contributed by atoms with van der Waals surface area (Å²) in [5.41, 5.74) is 5.69. The van der Waals surface area contributed by atoms with E-state index in [0.717, 1.165) is 27.8 Å². The van der Waals surface area contributed by atoms with E-state index >= 15 is 0 Å². The number of carbonyl (C=O) groups is 2. The average Bonchev–Trinajstić information content (AvgIpc) is 3.27. The molecule has 0 aliphatic carbocycles. The SMILES string of the molecule is COCCNC(=O)[C@@H](c1ccccc1C)N(C(=O)Cn1nnc2ccccc21)c1cc(C)ccc1C. The van der Waals surface area contributed by atoms with Gasteiger partial charge in [-0.3, -0.25) is 14.5 Å². The highest BCUT2D eigenvalue weighted by Crippen LogP contribution is 2.33. The molecule has 0 aliphatic rings. The van der Waals surface area contributed by atoms with Crippen molar-refractivity contribution >= 4 is 28.5 Å². The highest BCUT2D eigenvalue weighted by atomic mass is 16.5. The van der Waals surface area contributed by atoms with Crippen LogP contribution in [0.1, 0.15) is 28.3 Å². The number of aryl methyl sites for hydroxylation is 3. The summed E-state index contributed by atoms with van der Waals surface area (Å²) in [6.07, 6.45) is 0. The first-order valence-electron chi connectivity index (χ1n) is 11.9. The van der Waals surface area contributed by atoms with Gasteiger partial charge in [-0.25, -0.2) is 4.68 Å². The van der Waals surface area contributed by atoms with Gasteiger partial charge in [-0.2, -0.15) is 0 Å². The van der Waals surface area contributed by atoms with Gasteiger partial charge in [0.25, 0.3) is 0 Å². The van der Waals surface area contributed by atoms with Crippen LogP contribution in [0, 0.1) is 20.8 Å². The molecule has 3 aromatic carbocycles. The number of benzene rings is 3. The number of anilines is 1. The third-order valence-electron chi connectivity index (χ3n) is 6.19. The number of hydrogen-bond donors (Lipinski definition) is 1. The predicted octanol–water partition coefficient (Wildman–Crippen LogP) is 3.89. The molecule has 1 N–H and O–H groups in total. The zero-order chi connectivity index (χ0) is 25.7. The highest BCUT2D eigenvalue weighted by molar-refractivity contribution is 6.02. The van der Waals surface area contributed by atoms with Crippen LogP contribution in [0.5, 0.6) is 0 Å². The molecule has 1 heterocycles. The zero-order valence-electron chi connectivity index (χ0n) is 21.1. The largest absolute Gasteiger partial charge is 0.383 e. The molecule has 4 aromatic rings. The van der Waals surface area contributed by atoms with Crippen molar-refractivity contribution < 1.29 is 14.3 Å². The quantitative estimate of drug-likeness (QED) is 0.363. The molecular weight excluding hydrogens is 454 g/mol. The van der Waals surface area contributed by atoms with Crippen molar-refractivity contribution in [3.63, 3.8) is 0 Å². The van der Waals surface area contributed by atoms with E-state index in [2.05, 4.69) is 15.6 Å². The van der Waals surface area contributed by atoms with Crippen molar-refractivity contribution in [2.24, 2.45) is 0 Å². The number of para-hydroxylation sites is 1. The molecule has 1 aromatic heterocycles. The molecule has 186 valence electrons. The molecule has 0 radical (unpaired) electrons. The van der Waals surface area contributed by atoms with Gasteiger partial charge in [-0.1, -0.05) is 53.7 Å². The van der Waals surface area contributed by atoms with Gasteiger partial charge in [0.05, 0.1) is 12.1 Å². The topological polar surface area (TPSA) is 89.4 Å². The molecule has 0 bridgehead atoms. The Morgan fingerprint density at radius 2 is 1.75 bits per heavy atom. The molecular formula is C28H31N5O3. The van der Waals surface area contributed by atoms with Crippen molar-refractivity contribution in [1.29, 1.82) is 0 Å². The van der Waals surface area contributed by atoms with Gasteiger partial charge in [0.15, 0.2) is 0 Å². The number of nitrogens with zero attached hydrogens (tertiary/aromatic N) is 4. The summed E-state index contributed by atoms with van der Waals surface area (Å²) >= 11 is 0. The average molecular weight is 486 g/mol. The van der Waals surface area contributed by atoms with E-state index in [1.807, 2.05) is 87.5 Å². The fraction of sp³-hybridized carbons (Fsp3) is 0.286. The number of ether oxygens (including phenoxy) is 1. The van der Waals surface area contributed by atoms with Gasteiger partial charge in [-0.05, 0) is 61.2 Å². The predicted molar refractivity (Wildman–Crippen MR) is 140 cm³/mol. The van der Waals surface area contributed by atoms with Crippen molar-refractivity contribution in [2.75, 3.05) is 25.2 Å². The van der Waals surface area contributed by atoms with Crippen LogP contribution >= 0.6 is 0 Å². The first-order valence-corrected chi connectivity index (χ1v) is 11.9. The summed E-state index contributed by atoms with van der Waals surface area (Å²) in [6, 6.07) is 20.2. The van der Waals surface area contributed by atoms with E-state index in [1.54, 1.807) is 16.7 Å². The van der Waals surface area contributed by atoms with E-state index in [1.165, 1.54) is 0 Å². The molecule has 1 atom stereocenters. The van der Waals surface area contributed by atoms with Gasteiger partial charge in [-0.15, -0.1) is 5.10 Å². The summed E-state index contributed by atoms with van der Waals surface area (Å²) in [7, 11) is 1.58. The molecule has 0 saturated carbocycles. The maximum absolute atomic E-state index is 14.1. The summed E-state index contributed by atoms with van der Waals surface area (Å²) < 4.78 is 6.70. The Kier molecular flexibility index (Phi) is 7.75. The minimum atomic E-state index is -0.883. The number of methoxy groups -OCH3 is 1. The van der Waals surface area contributed by atoms with Gasteiger partial charge >= 0.3 is 0 Å². The number of fused-ring (bicyclic) bond motifs is 1. The second-order valence-electron chi connectivity index (χ2n) is 8.83. The Labute approximate surface area is 210 Å². The van der Waals surface area contributed by atoms with E-state index in [0.29, 0.717) is 24.4 Å². The molecule has 0 saturated heterocycles. The number of amides is 2. The first kappa shape index (κ1) is 25.1. The van der Waals surface area contributed by atoms with Crippen molar-refractivity contribution in [2.45, 2.75) is 33.4 Å². The van der Waals surface area contributed by atoms with Crippen LogP contribution < -0.4 is 10.2 Å². The second kappa shape index (κ2) is 11.1. The van der Waals surface area contributed by atoms with Crippen molar-refractivity contribution in [3.8, 4) is 0 Å². The molecule has 0 spiro atoms. The lowest BCUT2D eigenvalue weighted by Gasteiger charge is -2.33. The van der Waals surface area contributed by atoms with Crippen LogP contribution in [0.2, 0.25) is 0 Å². The first-order chi connectivity index (χ1) is 17.4. The standard InChI is InChI=1S/C28H31N5O3/c1-19-13-14-21(3)25(17-19)33(26(34)18-32-24-12-8-7-11-23(24)30-31-32)27(28(35)29-15-16-36-4)22-10-6-5-9-20(22)2/h5-14,17,27H,15-16,18H2,1-4H3,(H,29,35)/t27-/m1/s1. The van der Waals surface area contributed by atoms with E-state index in [4.69, 9.17) is 4.74 Å². The van der Waals surface area contributed by atoms with Gasteiger partial charge in [0.2, 0.25) is 11.8 Å². The Hall–Kier alpha value is -4.04. The van der Waals surface area contributed by atoms with Crippen LogP contribution in [0.3, 0.4) is 0 Å². The number of carbonyl (C=O) groups excluding carboxylic acids is 2.